The number of likely N-dealkylation sites (tertiary alicyclic amines) is 1. The second kappa shape index (κ2) is 7.50. The number of nitrogens with one attached hydrogen (secondary N) is 1. The number of imidazole rings is 1. The van der Waals surface area contributed by atoms with Gasteiger partial charge in [0.1, 0.15) is 17.7 Å². The largest absolute Gasteiger partial charge is 0.339 e. The number of hydrogen-bond donors (Lipinski definition) is 1. The van der Waals surface area contributed by atoms with Gasteiger partial charge in [-0.05, 0) is 39.4 Å². The highest BCUT2D eigenvalue weighted by Gasteiger charge is 2.22. The fourth-order valence-electron chi connectivity index (χ4n) is 2.80. The molecule has 0 atom stereocenters. The standard InChI is InChI=1S/C14H21N5.C2H6.H2/c1-3-4-11-12-14(16-9-15-11)18-13(17-12)10-5-7-19(2)8-6-10;1-2;/h9-10H,3-8H2,1-2H3,(H,15,16,17,18);1-2H3;1H. The van der Waals surface area contributed by atoms with Crippen LogP contribution in [0, 0.1) is 0 Å². The first-order valence-corrected chi connectivity index (χ1v) is 8.16. The van der Waals surface area contributed by atoms with Crippen molar-refractivity contribution in [1.82, 2.24) is 24.8 Å². The lowest BCUT2D eigenvalue weighted by Gasteiger charge is -2.27. The van der Waals surface area contributed by atoms with E-state index in [-0.39, 0.29) is 1.43 Å². The Bertz CT molecular complexity index is 561. The molecule has 5 heteroatoms. The number of aromatic nitrogens is 4. The average molecular weight is 291 g/mol. The Labute approximate surface area is 128 Å². The molecule has 2 aromatic rings. The summed E-state index contributed by atoms with van der Waals surface area (Å²) in [4.78, 5) is 19.2. The van der Waals surface area contributed by atoms with Crippen molar-refractivity contribution in [2.24, 2.45) is 0 Å². The van der Waals surface area contributed by atoms with Crippen LogP contribution in [0.4, 0.5) is 0 Å². The van der Waals surface area contributed by atoms with Crippen LogP contribution in [0.2, 0.25) is 0 Å². The first-order valence-electron chi connectivity index (χ1n) is 8.16. The first-order chi connectivity index (χ1) is 10.3. The molecule has 0 aliphatic carbocycles. The van der Waals surface area contributed by atoms with E-state index in [0.717, 1.165) is 48.6 Å². The molecule has 5 nitrogen and oxygen atoms in total. The summed E-state index contributed by atoms with van der Waals surface area (Å²) >= 11 is 0. The molecule has 1 saturated heterocycles. The van der Waals surface area contributed by atoms with Gasteiger partial charge < -0.3 is 9.88 Å². The number of aromatic amines is 1. The van der Waals surface area contributed by atoms with Gasteiger partial charge >= 0.3 is 0 Å². The summed E-state index contributed by atoms with van der Waals surface area (Å²) in [5.41, 5.74) is 2.96. The fraction of sp³-hybridized carbons (Fsp3) is 0.688. The number of hydrogen-bond acceptors (Lipinski definition) is 4. The molecule has 118 valence electrons. The van der Waals surface area contributed by atoms with Gasteiger partial charge in [0.25, 0.3) is 0 Å². The molecular weight excluding hydrogens is 262 g/mol. The van der Waals surface area contributed by atoms with E-state index in [1.807, 2.05) is 13.8 Å². The molecule has 0 unspecified atom stereocenters. The van der Waals surface area contributed by atoms with Crippen LogP contribution in [0.5, 0.6) is 0 Å². The van der Waals surface area contributed by atoms with E-state index in [4.69, 9.17) is 0 Å². The van der Waals surface area contributed by atoms with Crippen LogP contribution < -0.4 is 0 Å². The van der Waals surface area contributed by atoms with Crippen molar-refractivity contribution >= 4 is 11.2 Å². The highest BCUT2D eigenvalue weighted by molar-refractivity contribution is 5.73. The second-order valence-corrected chi connectivity index (χ2v) is 5.47. The molecular formula is C16H29N5. The van der Waals surface area contributed by atoms with Gasteiger partial charge in [0.2, 0.25) is 0 Å². The zero-order chi connectivity index (χ0) is 15.2. The predicted molar refractivity (Wildman–Crippen MR) is 88.6 cm³/mol. The van der Waals surface area contributed by atoms with Crippen molar-refractivity contribution in [2.45, 2.75) is 52.4 Å². The van der Waals surface area contributed by atoms with Gasteiger partial charge in [0, 0.05) is 7.34 Å². The van der Waals surface area contributed by atoms with Gasteiger partial charge in [-0.3, -0.25) is 0 Å². The van der Waals surface area contributed by atoms with Gasteiger partial charge in [0.05, 0.1) is 5.69 Å². The van der Waals surface area contributed by atoms with E-state index in [2.05, 4.69) is 38.8 Å². The summed E-state index contributed by atoms with van der Waals surface area (Å²) < 4.78 is 0. The minimum absolute atomic E-state index is 0. The van der Waals surface area contributed by atoms with Crippen LogP contribution in [0.3, 0.4) is 0 Å². The lowest BCUT2D eigenvalue weighted by atomic mass is 9.97. The van der Waals surface area contributed by atoms with E-state index >= 15 is 0 Å². The SMILES string of the molecule is CC.CCCc1ncnc2nc(C3CCN(C)CC3)[nH]c12.[HH]. The molecule has 1 fully saturated rings. The maximum absolute atomic E-state index is 4.68. The van der Waals surface area contributed by atoms with Crippen molar-refractivity contribution in [3.05, 3.63) is 17.8 Å². The van der Waals surface area contributed by atoms with Gasteiger partial charge in [-0.15, -0.1) is 0 Å². The molecule has 1 aliphatic rings. The van der Waals surface area contributed by atoms with E-state index in [9.17, 15) is 0 Å². The van der Waals surface area contributed by atoms with Gasteiger partial charge in [-0.25, -0.2) is 15.0 Å². The molecule has 21 heavy (non-hydrogen) atoms. The predicted octanol–water partition coefficient (Wildman–Crippen LogP) is 3.39. The number of rotatable bonds is 3. The van der Waals surface area contributed by atoms with Crippen LogP contribution in [0.1, 0.15) is 58.9 Å². The van der Waals surface area contributed by atoms with Crippen LogP contribution in [-0.4, -0.2) is 45.0 Å². The molecule has 0 spiro atoms. The number of H-pyrrole nitrogens is 1. The van der Waals surface area contributed by atoms with Crippen molar-refractivity contribution in [2.75, 3.05) is 20.1 Å². The Morgan fingerprint density at radius 1 is 1.29 bits per heavy atom. The smallest absolute Gasteiger partial charge is 0.181 e. The van der Waals surface area contributed by atoms with Crippen molar-refractivity contribution in [3.8, 4) is 0 Å². The zero-order valence-corrected chi connectivity index (χ0v) is 13.7. The Morgan fingerprint density at radius 2 is 2.00 bits per heavy atom. The molecule has 0 bridgehead atoms. The zero-order valence-electron chi connectivity index (χ0n) is 13.7. The van der Waals surface area contributed by atoms with E-state index in [0.29, 0.717) is 5.92 Å². The summed E-state index contributed by atoms with van der Waals surface area (Å²) in [5, 5.41) is 0. The number of aryl methyl sites for hydroxylation is 1. The van der Waals surface area contributed by atoms with Gasteiger partial charge in [0.15, 0.2) is 5.65 Å². The molecule has 1 aliphatic heterocycles. The van der Waals surface area contributed by atoms with Gasteiger partial charge in [-0.2, -0.15) is 0 Å². The van der Waals surface area contributed by atoms with Crippen LogP contribution >= 0.6 is 0 Å². The lowest BCUT2D eigenvalue weighted by molar-refractivity contribution is 0.252. The molecule has 1 N–H and O–H groups in total. The summed E-state index contributed by atoms with van der Waals surface area (Å²) in [5.74, 6) is 1.64. The third-order valence-electron chi connectivity index (χ3n) is 3.98. The quantitative estimate of drug-likeness (QED) is 0.941. The Kier molecular flexibility index (Phi) is 5.67. The molecule has 3 heterocycles. The third kappa shape index (κ3) is 3.59. The molecule has 2 aromatic heterocycles. The van der Waals surface area contributed by atoms with E-state index in [1.54, 1.807) is 6.33 Å². The summed E-state index contributed by atoms with van der Waals surface area (Å²) in [6, 6.07) is 0. The van der Waals surface area contributed by atoms with Crippen molar-refractivity contribution < 1.29 is 1.43 Å². The van der Waals surface area contributed by atoms with Crippen LogP contribution in [0.15, 0.2) is 6.33 Å². The first kappa shape index (κ1) is 15.9. The lowest BCUT2D eigenvalue weighted by Crippen LogP contribution is -2.29. The topological polar surface area (TPSA) is 57.7 Å². The third-order valence-corrected chi connectivity index (χ3v) is 3.98. The van der Waals surface area contributed by atoms with Crippen molar-refractivity contribution in [1.29, 1.82) is 0 Å². The van der Waals surface area contributed by atoms with E-state index < -0.39 is 0 Å². The Hall–Kier alpha value is -1.49. The van der Waals surface area contributed by atoms with Gasteiger partial charge in [-0.1, -0.05) is 27.2 Å². The molecule has 0 aromatic carbocycles. The normalized spacial score (nSPS) is 16.8. The summed E-state index contributed by atoms with van der Waals surface area (Å²) in [6.07, 6.45) is 6.05. The highest BCUT2D eigenvalue weighted by atomic mass is 15.1. The minimum Gasteiger partial charge on any atom is -0.339 e. The number of nitrogens with zero attached hydrogens (tertiary/aromatic N) is 4. The second-order valence-electron chi connectivity index (χ2n) is 5.47. The minimum atomic E-state index is 0. The number of fused-ring (bicyclic) bond motifs is 1. The fourth-order valence-corrected chi connectivity index (χ4v) is 2.80. The Morgan fingerprint density at radius 3 is 2.67 bits per heavy atom. The Balaban J connectivity index is 0.000000775. The highest BCUT2D eigenvalue weighted by Crippen LogP contribution is 2.27. The molecule has 0 amide bonds. The van der Waals surface area contributed by atoms with Crippen molar-refractivity contribution in [3.63, 3.8) is 0 Å². The van der Waals surface area contributed by atoms with Crippen LogP contribution in [-0.2, 0) is 6.42 Å². The average Bonchev–Trinajstić information content (AvgIpc) is 2.95. The molecule has 0 radical (unpaired) electrons. The maximum Gasteiger partial charge on any atom is 0.181 e. The number of piperidine rings is 1. The van der Waals surface area contributed by atoms with E-state index in [1.165, 1.54) is 12.8 Å². The monoisotopic (exact) mass is 291 g/mol. The maximum atomic E-state index is 4.68. The summed E-state index contributed by atoms with van der Waals surface area (Å²) in [6.45, 7) is 8.46. The van der Waals surface area contributed by atoms with Crippen LogP contribution in [0.25, 0.3) is 11.2 Å². The molecule has 3 rings (SSSR count). The summed E-state index contributed by atoms with van der Waals surface area (Å²) in [7, 11) is 2.18. The molecule has 0 saturated carbocycles.